The molecule has 1 aliphatic carbocycles. The molecule has 8 heteroatoms. The summed E-state index contributed by atoms with van der Waals surface area (Å²) < 4.78 is 17.5. The lowest BCUT2D eigenvalue weighted by molar-refractivity contribution is -0.143. The molecule has 0 saturated carbocycles. The van der Waals surface area contributed by atoms with Crippen LogP contribution >= 0.6 is 0 Å². The second kappa shape index (κ2) is 10.3. The van der Waals surface area contributed by atoms with Gasteiger partial charge in [-0.05, 0) is 61.1 Å². The Balaban J connectivity index is 1.45. The van der Waals surface area contributed by atoms with Gasteiger partial charge in [0.1, 0.15) is 5.75 Å². The van der Waals surface area contributed by atoms with Crippen LogP contribution in [0.2, 0.25) is 0 Å². The molecular formula is C28H31N3O5. The molecule has 1 aliphatic heterocycles. The molecule has 2 aliphatic rings. The number of aliphatic carboxylic acids is 1. The Kier molecular flexibility index (Phi) is 6.91. The third-order valence-electron chi connectivity index (χ3n) is 6.87. The van der Waals surface area contributed by atoms with Crippen LogP contribution in [0.5, 0.6) is 5.75 Å². The maximum atomic E-state index is 12.0. The van der Waals surface area contributed by atoms with E-state index >= 15 is 0 Å². The minimum absolute atomic E-state index is 0.0235. The fourth-order valence-corrected chi connectivity index (χ4v) is 4.92. The van der Waals surface area contributed by atoms with Crippen LogP contribution < -0.4 is 15.4 Å². The van der Waals surface area contributed by atoms with Crippen molar-refractivity contribution in [2.75, 3.05) is 25.3 Å². The van der Waals surface area contributed by atoms with Gasteiger partial charge in [0.2, 0.25) is 5.66 Å². The maximum absolute atomic E-state index is 12.0. The number of pyridine rings is 1. The van der Waals surface area contributed by atoms with Crippen LogP contribution in [0, 0.1) is 6.92 Å². The third-order valence-corrected chi connectivity index (χ3v) is 6.87. The highest BCUT2D eigenvalue weighted by Gasteiger charge is 2.42. The van der Waals surface area contributed by atoms with Crippen LogP contribution in [0.4, 0.5) is 5.69 Å². The van der Waals surface area contributed by atoms with Crippen molar-refractivity contribution >= 4 is 11.7 Å². The van der Waals surface area contributed by atoms with Gasteiger partial charge in [0.15, 0.2) is 0 Å². The van der Waals surface area contributed by atoms with Crippen molar-refractivity contribution in [3.63, 3.8) is 0 Å². The highest BCUT2D eigenvalue weighted by Crippen LogP contribution is 2.34. The van der Waals surface area contributed by atoms with E-state index in [0.717, 1.165) is 40.8 Å². The van der Waals surface area contributed by atoms with Gasteiger partial charge in [-0.15, -0.1) is 0 Å². The smallest absolute Gasteiger partial charge is 0.347 e. The quantitative estimate of drug-likeness (QED) is 0.416. The highest BCUT2D eigenvalue weighted by atomic mass is 16.5. The summed E-state index contributed by atoms with van der Waals surface area (Å²) in [7, 11) is 0. The minimum atomic E-state index is -1.38. The summed E-state index contributed by atoms with van der Waals surface area (Å²) in [6.07, 6.45) is 5.42. The van der Waals surface area contributed by atoms with E-state index < -0.39 is 11.6 Å². The van der Waals surface area contributed by atoms with Gasteiger partial charge in [-0.2, -0.15) is 0 Å². The summed E-state index contributed by atoms with van der Waals surface area (Å²) in [6, 6.07) is 14.3. The van der Waals surface area contributed by atoms with Gasteiger partial charge < -0.3 is 24.6 Å². The standard InChI is InChI=1S/C28H31N3O5/c1-3-35-26-14-29-13-25(18(26)2)24-9-8-22(31-28(27(32)33)16-34-17-30-28)10-21(24)15-36-23-11-19-6-4-5-7-20(19)12-23/h4-10,13-14,23,30-31H,3,11-12,15-17H2,1-2H3,(H,32,33). The average Bonchev–Trinajstić information content (AvgIpc) is 3.52. The number of rotatable bonds is 9. The number of hydrogen-bond acceptors (Lipinski definition) is 7. The average molecular weight is 490 g/mol. The second-order valence-electron chi connectivity index (χ2n) is 9.23. The normalized spacial score (nSPS) is 19.3. The molecule has 3 N–H and O–H groups in total. The minimum Gasteiger partial charge on any atom is -0.492 e. The van der Waals surface area contributed by atoms with E-state index in [4.69, 9.17) is 14.2 Å². The number of hydrogen-bond donors (Lipinski definition) is 3. The number of nitrogens with one attached hydrogen (secondary N) is 2. The fraction of sp³-hybridized carbons (Fsp3) is 0.357. The van der Waals surface area contributed by atoms with Gasteiger partial charge in [0, 0.05) is 23.0 Å². The van der Waals surface area contributed by atoms with Crippen LogP contribution in [-0.4, -0.2) is 47.8 Å². The van der Waals surface area contributed by atoms with Crippen molar-refractivity contribution < 1.29 is 24.1 Å². The van der Waals surface area contributed by atoms with Gasteiger partial charge in [-0.25, -0.2) is 4.79 Å². The molecule has 188 valence electrons. The summed E-state index contributed by atoms with van der Waals surface area (Å²) in [5.74, 6) is -0.275. The first kappa shape index (κ1) is 24.2. The van der Waals surface area contributed by atoms with E-state index in [-0.39, 0.29) is 19.4 Å². The van der Waals surface area contributed by atoms with E-state index in [1.807, 2.05) is 38.2 Å². The van der Waals surface area contributed by atoms with Gasteiger partial charge in [0.25, 0.3) is 0 Å². The Labute approximate surface area is 210 Å². The molecule has 0 spiro atoms. The van der Waals surface area contributed by atoms with Crippen molar-refractivity contribution in [2.45, 2.75) is 45.1 Å². The summed E-state index contributed by atoms with van der Waals surface area (Å²) in [4.78, 5) is 16.4. The summed E-state index contributed by atoms with van der Waals surface area (Å²) in [6.45, 7) is 5.10. The van der Waals surface area contributed by atoms with E-state index in [0.29, 0.717) is 18.9 Å². The van der Waals surface area contributed by atoms with E-state index in [2.05, 4.69) is 39.9 Å². The van der Waals surface area contributed by atoms with Crippen molar-refractivity contribution in [1.82, 2.24) is 10.3 Å². The van der Waals surface area contributed by atoms with Crippen molar-refractivity contribution in [3.05, 3.63) is 77.1 Å². The summed E-state index contributed by atoms with van der Waals surface area (Å²) in [5.41, 5.74) is 5.82. The Bertz CT molecular complexity index is 1230. The summed E-state index contributed by atoms with van der Waals surface area (Å²) >= 11 is 0. The summed E-state index contributed by atoms with van der Waals surface area (Å²) in [5, 5.41) is 15.9. The molecule has 2 heterocycles. The zero-order valence-corrected chi connectivity index (χ0v) is 20.5. The zero-order chi connectivity index (χ0) is 25.1. The number of ether oxygens (including phenoxy) is 3. The molecule has 0 radical (unpaired) electrons. The topological polar surface area (TPSA) is 102 Å². The monoisotopic (exact) mass is 489 g/mol. The number of benzene rings is 2. The number of carbonyl (C=O) groups is 1. The Morgan fingerprint density at radius 3 is 2.64 bits per heavy atom. The number of nitrogens with zero attached hydrogens (tertiary/aromatic N) is 1. The molecule has 36 heavy (non-hydrogen) atoms. The van der Waals surface area contributed by atoms with Crippen LogP contribution in [0.15, 0.2) is 54.9 Å². The molecule has 2 aromatic carbocycles. The number of carboxylic acids is 1. The number of carboxylic acid groups (broad SMARTS) is 1. The molecule has 1 unspecified atom stereocenters. The molecule has 1 atom stereocenters. The Morgan fingerprint density at radius 2 is 1.97 bits per heavy atom. The second-order valence-corrected chi connectivity index (χ2v) is 9.23. The van der Waals surface area contributed by atoms with Crippen molar-refractivity contribution in [2.24, 2.45) is 0 Å². The van der Waals surface area contributed by atoms with E-state index in [1.54, 1.807) is 6.20 Å². The van der Waals surface area contributed by atoms with E-state index in [1.165, 1.54) is 11.1 Å². The molecule has 5 rings (SSSR count). The third kappa shape index (κ3) is 4.80. The molecule has 1 fully saturated rings. The molecule has 3 aromatic rings. The molecular weight excluding hydrogens is 458 g/mol. The SMILES string of the molecule is CCOc1cncc(-c2ccc(NC3(C(=O)O)COCN3)cc2COC2Cc3ccccc3C2)c1C. The first-order valence-corrected chi connectivity index (χ1v) is 12.2. The van der Waals surface area contributed by atoms with E-state index in [9.17, 15) is 9.90 Å². The first-order valence-electron chi connectivity index (χ1n) is 12.2. The number of anilines is 1. The number of aromatic nitrogens is 1. The van der Waals surface area contributed by atoms with Gasteiger partial charge >= 0.3 is 5.97 Å². The maximum Gasteiger partial charge on any atom is 0.347 e. The zero-order valence-electron chi connectivity index (χ0n) is 20.5. The largest absolute Gasteiger partial charge is 0.492 e. The lowest BCUT2D eigenvalue weighted by Gasteiger charge is -2.26. The molecule has 0 amide bonds. The van der Waals surface area contributed by atoms with Crippen LogP contribution in [0.3, 0.4) is 0 Å². The fourth-order valence-electron chi connectivity index (χ4n) is 4.92. The van der Waals surface area contributed by atoms with Gasteiger partial charge in [0.05, 0.1) is 38.9 Å². The van der Waals surface area contributed by atoms with Crippen molar-refractivity contribution in [3.8, 4) is 16.9 Å². The number of fused-ring (bicyclic) bond motifs is 1. The highest BCUT2D eigenvalue weighted by molar-refractivity contribution is 5.83. The van der Waals surface area contributed by atoms with Crippen LogP contribution in [0.25, 0.3) is 11.1 Å². The molecule has 0 bridgehead atoms. The molecule has 1 saturated heterocycles. The lowest BCUT2D eigenvalue weighted by Crippen LogP contribution is -2.56. The Morgan fingerprint density at radius 1 is 1.19 bits per heavy atom. The van der Waals surface area contributed by atoms with Crippen LogP contribution in [0.1, 0.15) is 29.2 Å². The molecule has 8 nitrogen and oxygen atoms in total. The lowest BCUT2D eigenvalue weighted by atomic mass is 9.96. The predicted molar refractivity (Wildman–Crippen MR) is 136 cm³/mol. The Hall–Kier alpha value is -3.46. The van der Waals surface area contributed by atoms with Crippen LogP contribution in [-0.2, 0) is 33.7 Å². The van der Waals surface area contributed by atoms with Gasteiger partial charge in [-0.1, -0.05) is 30.3 Å². The van der Waals surface area contributed by atoms with Crippen molar-refractivity contribution in [1.29, 1.82) is 0 Å². The first-order chi connectivity index (χ1) is 17.5. The molecule has 1 aromatic heterocycles. The van der Waals surface area contributed by atoms with Gasteiger partial charge in [-0.3, -0.25) is 10.3 Å². The predicted octanol–water partition coefficient (Wildman–Crippen LogP) is 3.91.